The highest BCUT2D eigenvalue weighted by Gasteiger charge is 2.20. The lowest BCUT2D eigenvalue weighted by atomic mass is 10.1. The zero-order valence-electron chi connectivity index (χ0n) is 8.42. The summed E-state index contributed by atoms with van der Waals surface area (Å²) < 4.78 is 5.10. The van der Waals surface area contributed by atoms with Crippen molar-refractivity contribution in [3.63, 3.8) is 0 Å². The molecule has 0 aromatic heterocycles. The van der Waals surface area contributed by atoms with E-state index in [0.717, 1.165) is 6.73 Å². The highest BCUT2D eigenvalue weighted by molar-refractivity contribution is 4.76. The molecule has 0 N–H and O–H groups in total. The number of likely N-dealkylation sites (tertiary alicyclic amines) is 1. The minimum atomic E-state index is 0.684. The number of methoxy groups -OCH3 is 1. The number of rotatable bonds is 3. The Bertz CT molecular complexity index is 130. The lowest BCUT2D eigenvalue weighted by molar-refractivity contribution is 0.0285. The van der Waals surface area contributed by atoms with Gasteiger partial charge in [0, 0.05) is 19.7 Å². The van der Waals surface area contributed by atoms with Crippen molar-refractivity contribution >= 4 is 0 Å². The third-order valence-corrected chi connectivity index (χ3v) is 2.56. The summed E-state index contributed by atoms with van der Waals surface area (Å²) in [7, 11) is 6.07. The highest BCUT2D eigenvalue weighted by atomic mass is 16.5. The Kier molecular flexibility index (Phi) is 3.98. The molecule has 1 unspecified atom stereocenters. The predicted molar refractivity (Wildman–Crippen MR) is 50.2 cm³/mol. The fourth-order valence-corrected chi connectivity index (χ4v) is 1.81. The number of piperidine rings is 1. The second-order valence-electron chi connectivity index (χ2n) is 3.73. The third-order valence-electron chi connectivity index (χ3n) is 2.56. The molecule has 1 atom stereocenters. The monoisotopic (exact) mass is 172 g/mol. The molecule has 0 aliphatic carbocycles. The Labute approximate surface area is 75.3 Å². The van der Waals surface area contributed by atoms with Gasteiger partial charge in [0.2, 0.25) is 0 Å². The van der Waals surface area contributed by atoms with Gasteiger partial charge in [-0.05, 0) is 33.5 Å². The van der Waals surface area contributed by atoms with Gasteiger partial charge in [-0.25, -0.2) is 0 Å². The number of ether oxygens (including phenoxy) is 1. The third kappa shape index (κ3) is 2.73. The summed E-state index contributed by atoms with van der Waals surface area (Å²) in [6.45, 7) is 3.18. The Morgan fingerprint density at radius 2 is 2.33 bits per heavy atom. The van der Waals surface area contributed by atoms with Gasteiger partial charge in [0.15, 0.2) is 0 Å². The molecule has 0 aromatic rings. The molecule has 0 aromatic carbocycles. The molecule has 1 rings (SSSR count). The molecule has 1 heterocycles. The summed E-state index contributed by atoms with van der Waals surface area (Å²) in [5.74, 6) is 0. The normalized spacial score (nSPS) is 26.5. The summed E-state index contributed by atoms with van der Waals surface area (Å²) in [4.78, 5) is 4.68. The van der Waals surface area contributed by atoms with Gasteiger partial charge in [0.05, 0.1) is 6.73 Å². The van der Waals surface area contributed by atoms with E-state index in [0.29, 0.717) is 6.04 Å². The Balaban J connectivity index is 2.29. The Morgan fingerprint density at radius 1 is 1.58 bits per heavy atom. The van der Waals surface area contributed by atoms with E-state index < -0.39 is 0 Å². The number of likely N-dealkylation sites (N-methyl/N-ethyl adjacent to an activating group) is 2. The maximum Gasteiger partial charge on any atom is 0.0986 e. The molecule has 1 aliphatic heterocycles. The van der Waals surface area contributed by atoms with Crippen LogP contribution in [0, 0.1) is 0 Å². The molecule has 0 amide bonds. The van der Waals surface area contributed by atoms with Gasteiger partial charge in [-0.1, -0.05) is 0 Å². The molecule has 0 bridgehead atoms. The quantitative estimate of drug-likeness (QED) is 0.580. The molecular formula is C9H20N2O. The van der Waals surface area contributed by atoms with E-state index in [1.165, 1.54) is 25.9 Å². The number of nitrogens with zero attached hydrogens (tertiary/aromatic N) is 2. The van der Waals surface area contributed by atoms with Crippen LogP contribution in [0.1, 0.15) is 12.8 Å². The first-order valence-electron chi connectivity index (χ1n) is 4.61. The van der Waals surface area contributed by atoms with Crippen molar-refractivity contribution in [3.8, 4) is 0 Å². The van der Waals surface area contributed by atoms with Gasteiger partial charge >= 0.3 is 0 Å². The minimum absolute atomic E-state index is 0.684. The Morgan fingerprint density at radius 3 is 2.92 bits per heavy atom. The van der Waals surface area contributed by atoms with Crippen molar-refractivity contribution in [1.29, 1.82) is 0 Å². The van der Waals surface area contributed by atoms with Crippen LogP contribution in [0.3, 0.4) is 0 Å². The van der Waals surface area contributed by atoms with Crippen LogP contribution >= 0.6 is 0 Å². The molecule has 3 heteroatoms. The van der Waals surface area contributed by atoms with Gasteiger partial charge in [0.1, 0.15) is 0 Å². The maximum absolute atomic E-state index is 5.10. The average molecular weight is 172 g/mol. The van der Waals surface area contributed by atoms with Gasteiger partial charge in [0.25, 0.3) is 0 Å². The van der Waals surface area contributed by atoms with Crippen LogP contribution in [-0.2, 0) is 4.74 Å². The molecule has 3 nitrogen and oxygen atoms in total. The van der Waals surface area contributed by atoms with E-state index in [9.17, 15) is 0 Å². The summed E-state index contributed by atoms with van der Waals surface area (Å²) in [6, 6.07) is 0.684. The topological polar surface area (TPSA) is 15.7 Å². The highest BCUT2D eigenvalue weighted by Crippen LogP contribution is 2.12. The van der Waals surface area contributed by atoms with Crippen molar-refractivity contribution in [2.75, 3.05) is 41.0 Å². The molecule has 0 radical (unpaired) electrons. The largest absolute Gasteiger partial charge is 0.369 e. The first kappa shape index (κ1) is 9.96. The summed E-state index contributed by atoms with van der Waals surface area (Å²) in [5.41, 5.74) is 0. The summed E-state index contributed by atoms with van der Waals surface area (Å²) in [5, 5.41) is 0. The van der Waals surface area contributed by atoms with Crippen LogP contribution in [-0.4, -0.2) is 56.9 Å². The number of hydrogen-bond donors (Lipinski definition) is 0. The SMILES string of the molecule is COCN(C)C1CCCN(C)C1. The first-order chi connectivity index (χ1) is 5.74. The maximum atomic E-state index is 5.10. The fraction of sp³-hybridized carbons (Fsp3) is 1.00. The molecule has 1 fully saturated rings. The van der Waals surface area contributed by atoms with Crippen molar-refractivity contribution in [3.05, 3.63) is 0 Å². The van der Waals surface area contributed by atoms with Gasteiger partial charge < -0.3 is 9.64 Å². The fourth-order valence-electron chi connectivity index (χ4n) is 1.81. The van der Waals surface area contributed by atoms with Crippen LogP contribution in [0.2, 0.25) is 0 Å². The molecule has 72 valence electrons. The molecule has 1 aliphatic rings. The molecular weight excluding hydrogens is 152 g/mol. The van der Waals surface area contributed by atoms with E-state index in [2.05, 4.69) is 23.9 Å². The zero-order chi connectivity index (χ0) is 8.97. The van der Waals surface area contributed by atoms with Gasteiger partial charge in [-0.15, -0.1) is 0 Å². The minimum Gasteiger partial charge on any atom is -0.369 e. The van der Waals surface area contributed by atoms with Crippen LogP contribution in [0.15, 0.2) is 0 Å². The second kappa shape index (κ2) is 4.80. The van der Waals surface area contributed by atoms with Crippen molar-refractivity contribution in [1.82, 2.24) is 9.80 Å². The van der Waals surface area contributed by atoms with Crippen LogP contribution in [0.25, 0.3) is 0 Å². The lowest BCUT2D eigenvalue weighted by Gasteiger charge is -2.35. The number of hydrogen-bond acceptors (Lipinski definition) is 3. The van der Waals surface area contributed by atoms with E-state index >= 15 is 0 Å². The van der Waals surface area contributed by atoms with E-state index in [-0.39, 0.29) is 0 Å². The van der Waals surface area contributed by atoms with Crippen LogP contribution < -0.4 is 0 Å². The molecule has 0 spiro atoms. The van der Waals surface area contributed by atoms with E-state index in [1.807, 2.05) is 0 Å². The van der Waals surface area contributed by atoms with Gasteiger partial charge in [-0.3, -0.25) is 4.90 Å². The first-order valence-corrected chi connectivity index (χ1v) is 4.61. The molecule has 0 saturated carbocycles. The second-order valence-corrected chi connectivity index (χ2v) is 3.73. The lowest BCUT2D eigenvalue weighted by Crippen LogP contribution is -2.45. The van der Waals surface area contributed by atoms with E-state index in [1.54, 1.807) is 7.11 Å². The van der Waals surface area contributed by atoms with Crippen molar-refractivity contribution in [2.45, 2.75) is 18.9 Å². The molecule has 1 saturated heterocycles. The zero-order valence-corrected chi connectivity index (χ0v) is 8.42. The van der Waals surface area contributed by atoms with E-state index in [4.69, 9.17) is 4.74 Å². The smallest absolute Gasteiger partial charge is 0.0986 e. The Hall–Kier alpha value is -0.120. The van der Waals surface area contributed by atoms with Crippen LogP contribution in [0.5, 0.6) is 0 Å². The summed E-state index contributed by atoms with van der Waals surface area (Å²) >= 11 is 0. The standard InChI is InChI=1S/C9H20N2O/c1-10-6-4-5-9(7-10)11(2)8-12-3/h9H,4-8H2,1-3H3. The van der Waals surface area contributed by atoms with Crippen molar-refractivity contribution < 1.29 is 4.74 Å². The summed E-state index contributed by atoms with van der Waals surface area (Å²) in [6.07, 6.45) is 2.62. The predicted octanol–water partition coefficient (Wildman–Crippen LogP) is 0.616. The molecule has 12 heavy (non-hydrogen) atoms. The van der Waals surface area contributed by atoms with Crippen molar-refractivity contribution in [2.24, 2.45) is 0 Å². The van der Waals surface area contributed by atoms with Gasteiger partial charge in [-0.2, -0.15) is 0 Å². The van der Waals surface area contributed by atoms with Crippen LogP contribution in [0.4, 0.5) is 0 Å². The average Bonchev–Trinajstić information content (AvgIpc) is 2.05.